The Morgan fingerprint density at radius 2 is 2.04 bits per heavy atom. The smallest absolute Gasteiger partial charge is 0.338 e. The fraction of sp³-hybridized carbons (Fsp3) is 0.167. The number of para-hydroxylation sites is 1. The number of hydrogen-bond donors (Lipinski definition) is 1. The first-order valence-corrected chi connectivity index (χ1v) is 8.63. The third kappa shape index (κ3) is 4.15. The summed E-state index contributed by atoms with van der Waals surface area (Å²) < 4.78 is 24.3. The average molecular weight is 374 g/mol. The second kappa shape index (κ2) is 7.92. The van der Waals surface area contributed by atoms with Crippen LogP contribution >= 0.6 is 11.3 Å². The van der Waals surface area contributed by atoms with Crippen LogP contribution in [0.25, 0.3) is 10.2 Å². The minimum absolute atomic E-state index is 0.00558. The number of esters is 1. The summed E-state index contributed by atoms with van der Waals surface area (Å²) in [4.78, 5) is 28.0. The fourth-order valence-corrected chi connectivity index (χ4v) is 3.10. The van der Waals surface area contributed by atoms with Gasteiger partial charge in [-0.3, -0.25) is 10.1 Å². The molecular formula is C18H15FN2O4S. The number of carbonyl (C=O) groups is 2. The van der Waals surface area contributed by atoms with Crippen molar-refractivity contribution in [2.75, 3.05) is 18.5 Å². The molecule has 134 valence electrons. The van der Waals surface area contributed by atoms with Crippen molar-refractivity contribution >= 4 is 38.6 Å². The lowest BCUT2D eigenvalue weighted by atomic mass is 10.2. The molecular weight excluding hydrogens is 359 g/mol. The SMILES string of the molecule is CCOC(=O)c1ccc2nc(NC(=O)COc3ccccc3F)sc2c1. The number of fused-ring (bicyclic) bond motifs is 1. The van der Waals surface area contributed by atoms with E-state index in [-0.39, 0.29) is 12.4 Å². The Kier molecular flexibility index (Phi) is 5.43. The zero-order valence-electron chi connectivity index (χ0n) is 13.8. The lowest BCUT2D eigenvalue weighted by Gasteiger charge is -2.06. The van der Waals surface area contributed by atoms with Gasteiger partial charge in [-0.2, -0.15) is 0 Å². The Morgan fingerprint density at radius 1 is 1.23 bits per heavy atom. The van der Waals surface area contributed by atoms with Gasteiger partial charge in [0.2, 0.25) is 0 Å². The van der Waals surface area contributed by atoms with Crippen LogP contribution in [0.4, 0.5) is 9.52 Å². The van der Waals surface area contributed by atoms with Crippen molar-refractivity contribution in [1.29, 1.82) is 0 Å². The highest BCUT2D eigenvalue weighted by Gasteiger charge is 2.12. The molecule has 26 heavy (non-hydrogen) atoms. The maximum atomic E-state index is 13.5. The summed E-state index contributed by atoms with van der Waals surface area (Å²) in [5.41, 5.74) is 1.07. The van der Waals surface area contributed by atoms with E-state index in [1.54, 1.807) is 31.2 Å². The van der Waals surface area contributed by atoms with Crippen LogP contribution in [0.2, 0.25) is 0 Å². The molecule has 2 aromatic carbocycles. The van der Waals surface area contributed by atoms with Crippen LogP contribution in [0.15, 0.2) is 42.5 Å². The molecule has 1 N–H and O–H groups in total. The molecule has 6 nitrogen and oxygen atoms in total. The third-order valence-electron chi connectivity index (χ3n) is 3.34. The fourth-order valence-electron chi connectivity index (χ4n) is 2.18. The van der Waals surface area contributed by atoms with Gasteiger partial charge >= 0.3 is 5.97 Å². The van der Waals surface area contributed by atoms with Crippen molar-refractivity contribution in [2.45, 2.75) is 6.92 Å². The van der Waals surface area contributed by atoms with E-state index in [1.165, 1.54) is 29.5 Å². The van der Waals surface area contributed by atoms with Gasteiger partial charge in [0.15, 0.2) is 23.3 Å². The number of amides is 1. The first-order chi connectivity index (χ1) is 12.6. The van der Waals surface area contributed by atoms with Crippen LogP contribution in [0.3, 0.4) is 0 Å². The first-order valence-electron chi connectivity index (χ1n) is 7.81. The van der Waals surface area contributed by atoms with Crippen molar-refractivity contribution < 1.29 is 23.5 Å². The van der Waals surface area contributed by atoms with Crippen molar-refractivity contribution in [3.05, 3.63) is 53.8 Å². The molecule has 0 saturated heterocycles. The minimum atomic E-state index is -0.535. The van der Waals surface area contributed by atoms with E-state index in [4.69, 9.17) is 9.47 Å². The topological polar surface area (TPSA) is 77.5 Å². The van der Waals surface area contributed by atoms with E-state index < -0.39 is 17.7 Å². The Hall–Kier alpha value is -3.00. The van der Waals surface area contributed by atoms with Crippen LogP contribution in [0.1, 0.15) is 17.3 Å². The molecule has 0 radical (unpaired) electrons. The van der Waals surface area contributed by atoms with E-state index in [1.807, 2.05) is 0 Å². The number of hydrogen-bond acceptors (Lipinski definition) is 6. The zero-order valence-corrected chi connectivity index (χ0v) is 14.6. The van der Waals surface area contributed by atoms with Gasteiger partial charge in [-0.1, -0.05) is 23.5 Å². The Balaban J connectivity index is 1.65. The molecule has 0 aliphatic carbocycles. The van der Waals surface area contributed by atoms with Crippen LogP contribution in [-0.4, -0.2) is 30.1 Å². The largest absolute Gasteiger partial charge is 0.481 e. The van der Waals surface area contributed by atoms with Crippen LogP contribution in [0.5, 0.6) is 5.75 Å². The van der Waals surface area contributed by atoms with E-state index in [0.717, 1.165) is 4.70 Å². The molecule has 0 fully saturated rings. The van der Waals surface area contributed by atoms with Gasteiger partial charge in [-0.15, -0.1) is 0 Å². The van der Waals surface area contributed by atoms with Crippen LogP contribution in [0, 0.1) is 5.82 Å². The molecule has 0 atom stereocenters. The van der Waals surface area contributed by atoms with Crippen molar-refractivity contribution in [3.63, 3.8) is 0 Å². The number of nitrogens with one attached hydrogen (secondary N) is 1. The summed E-state index contributed by atoms with van der Waals surface area (Å²) in [5, 5.41) is 2.96. The molecule has 1 amide bonds. The highest BCUT2D eigenvalue weighted by molar-refractivity contribution is 7.22. The summed E-state index contributed by atoms with van der Waals surface area (Å²) in [6, 6.07) is 10.8. The van der Waals surface area contributed by atoms with E-state index >= 15 is 0 Å². The number of nitrogens with zero attached hydrogens (tertiary/aromatic N) is 1. The molecule has 1 heterocycles. The minimum Gasteiger partial charge on any atom is -0.481 e. The van der Waals surface area contributed by atoms with E-state index in [2.05, 4.69) is 10.3 Å². The Morgan fingerprint density at radius 3 is 2.81 bits per heavy atom. The Labute approximate surface area is 152 Å². The number of carbonyl (C=O) groups excluding carboxylic acids is 2. The normalized spacial score (nSPS) is 10.5. The number of anilines is 1. The van der Waals surface area contributed by atoms with Gasteiger partial charge in [-0.25, -0.2) is 14.2 Å². The number of rotatable bonds is 6. The monoisotopic (exact) mass is 374 g/mol. The summed E-state index contributed by atoms with van der Waals surface area (Å²) in [5.74, 6) is -1.40. The van der Waals surface area contributed by atoms with Gasteiger partial charge in [0, 0.05) is 0 Å². The number of aromatic nitrogens is 1. The second-order valence-electron chi connectivity index (χ2n) is 5.19. The highest BCUT2D eigenvalue weighted by Crippen LogP contribution is 2.27. The van der Waals surface area contributed by atoms with Crippen molar-refractivity contribution in [3.8, 4) is 5.75 Å². The van der Waals surface area contributed by atoms with Crippen molar-refractivity contribution in [2.24, 2.45) is 0 Å². The zero-order chi connectivity index (χ0) is 18.5. The predicted octanol–water partition coefficient (Wildman–Crippen LogP) is 3.63. The molecule has 3 aromatic rings. The molecule has 0 spiro atoms. The molecule has 0 aliphatic heterocycles. The molecule has 0 bridgehead atoms. The number of halogens is 1. The molecule has 1 aromatic heterocycles. The summed E-state index contributed by atoms with van der Waals surface area (Å²) in [7, 11) is 0. The average Bonchev–Trinajstić information content (AvgIpc) is 3.02. The second-order valence-corrected chi connectivity index (χ2v) is 6.22. The van der Waals surface area contributed by atoms with E-state index in [0.29, 0.717) is 22.8 Å². The summed E-state index contributed by atoms with van der Waals surface area (Å²) in [6.07, 6.45) is 0. The van der Waals surface area contributed by atoms with Gasteiger partial charge < -0.3 is 9.47 Å². The molecule has 0 saturated carbocycles. The van der Waals surface area contributed by atoms with Gasteiger partial charge in [-0.05, 0) is 37.3 Å². The third-order valence-corrected chi connectivity index (χ3v) is 4.27. The standard InChI is InChI=1S/C18H15FN2O4S/c1-2-24-17(23)11-7-8-13-15(9-11)26-18(20-13)21-16(22)10-25-14-6-4-3-5-12(14)19/h3-9H,2,10H2,1H3,(H,20,21,22). The van der Waals surface area contributed by atoms with E-state index in [9.17, 15) is 14.0 Å². The highest BCUT2D eigenvalue weighted by atomic mass is 32.1. The number of thiazole rings is 1. The first kappa shape index (κ1) is 17.8. The number of ether oxygens (including phenoxy) is 2. The molecule has 3 rings (SSSR count). The quantitative estimate of drug-likeness (QED) is 0.667. The lowest BCUT2D eigenvalue weighted by molar-refractivity contribution is -0.118. The van der Waals surface area contributed by atoms with Crippen molar-refractivity contribution in [1.82, 2.24) is 4.98 Å². The molecule has 8 heteroatoms. The molecule has 0 aliphatic rings. The predicted molar refractivity (Wildman–Crippen MR) is 96.1 cm³/mol. The van der Waals surface area contributed by atoms with Crippen LogP contribution < -0.4 is 10.1 Å². The maximum absolute atomic E-state index is 13.5. The summed E-state index contributed by atoms with van der Waals surface area (Å²) >= 11 is 1.22. The lowest BCUT2D eigenvalue weighted by Crippen LogP contribution is -2.20. The van der Waals surface area contributed by atoms with Gasteiger partial charge in [0.1, 0.15) is 0 Å². The van der Waals surface area contributed by atoms with Gasteiger partial charge in [0.25, 0.3) is 5.91 Å². The molecule has 0 unspecified atom stereocenters. The Bertz CT molecular complexity index is 957. The summed E-state index contributed by atoms with van der Waals surface area (Å²) in [6.45, 7) is 1.69. The number of benzene rings is 2. The van der Waals surface area contributed by atoms with Crippen LogP contribution in [-0.2, 0) is 9.53 Å². The maximum Gasteiger partial charge on any atom is 0.338 e. The van der Waals surface area contributed by atoms with Gasteiger partial charge in [0.05, 0.1) is 22.4 Å².